The second-order valence-electron chi connectivity index (χ2n) is 4.82. The van der Waals surface area contributed by atoms with E-state index in [1.807, 2.05) is 30.3 Å². The minimum absolute atomic E-state index is 0.0885. The molecule has 0 saturated heterocycles. The number of phenolic OH excluding ortho intramolecular Hbond substituents is 1. The molecule has 0 aliphatic rings. The molecule has 0 atom stereocenters. The Labute approximate surface area is 126 Å². The van der Waals surface area contributed by atoms with Crippen molar-refractivity contribution in [3.8, 4) is 5.75 Å². The van der Waals surface area contributed by atoms with Crippen molar-refractivity contribution >= 4 is 23.1 Å². The number of benzene rings is 2. The van der Waals surface area contributed by atoms with Crippen molar-refractivity contribution < 1.29 is 14.3 Å². The predicted octanol–water partition coefficient (Wildman–Crippen LogP) is 3.21. The zero-order valence-corrected chi connectivity index (χ0v) is 11.9. The number of carbonyl (C=O) groups is 1. The highest BCUT2D eigenvalue weighted by molar-refractivity contribution is 6.00. The number of carbonyl (C=O) groups excluding carboxylic acids is 1. The van der Waals surface area contributed by atoms with E-state index < -0.39 is 5.91 Å². The molecular weight excluding hydrogens is 280 g/mol. The molecule has 0 aliphatic heterocycles. The van der Waals surface area contributed by atoms with Crippen LogP contribution in [0.25, 0.3) is 11.0 Å². The first kappa shape index (κ1) is 13.9. The summed E-state index contributed by atoms with van der Waals surface area (Å²) in [6, 6.07) is 14.3. The van der Waals surface area contributed by atoms with Crippen molar-refractivity contribution in [3.63, 3.8) is 0 Å². The van der Waals surface area contributed by atoms with Crippen LogP contribution in [0, 0.1) is 6.92 Å². The van der Waals surface area contributed by atoms with Gasteiger partial charge in [0.15, 0.2) is 5.76 Å². The van der Waals surface area contributed by atoms with Crippen LogP contribution in [0.15, 0.2) is 58.0 Å². The van der Waals surface area contributed by atoms with E-state index in [9.17, 15) is 9.90 Å². The average Bonchev–Trinajstić information content (AvgIpc) is 2.87. The number of hydrogen-bond acceptors (Lipinski definition) is 4. The monoisotopic (exact) mass is 294 g/mol. The summed E-state index contributed by atoms with van der Waals surface area (Å²) in [6.45, 7) is 1.72. The molecule has 3 aromatic rings. The third kappa shape index (κ3) is 2.56. The fourth-order valence-corrected chi connectivity index (χ4v) is 2.25. The second kappa shape index (κ2) is 5.73. The van der Waals surface area contributed by atoms with E-state index in [0.717, 1.165) is 5.56 Å². The highest BCUT2D eigenvalue weighted by Crippen LogP contribution is 2.32. The lowest BCUT2D eigenvalue weighted by molar-refractivity contribution is 0.0929. The molecule has 0 aliphatic carbocycles. The average molecular weight is 294 g/mol. The number of aryl methyl sites for hydroxylation is 1. The predicted molar refractivity (Wildman–Crippen MR) is 84.1 cm³/mol. The fraction of sp³-hybridized carbons (Fsp3) is 0.0588. The molecule has 5 nitrogen and oxygen atoms in total. The molecule has 1 aromatic heterocycles. The summed E-state index contributed by atoms with van der Waals surface area (Å²) in [5.74, 6) is -0.229. The summed E-state index contributed by atoms with van der Waals surface area (Å²) in [5.41, 5.74) is 4.35. The van der Waals surface area contributed by atoms with Crippen molar-refractivity contribution in [3.05, 3.63) is 65.4 Å². The number of nitrogens with one attached hydrogen (secondary N) is 1. The van der Waals surface area contributed by atoms with Gasteiger partial charge in [0.25, 0.3) is 0 Å². The Kier molecular flexibility index (Phi) is 3.62. The highest BCUT2D eigenvalue weighted by atomic mass is 16.3. The maximum Gasteiger partial charge on any atom is 0.307 e. The number of fused-ring (bicyclic) bond motifs is 1. The molecular formula is C17H14N2O3. The largest absolute Gasteiger partial charge is 0.507 e. The molecule has 1 heterocycles. The van der Waals surface area contributed by atoms with Gasteiger partial charge in [-0.1, -0.05) is 36.4 Å². The second-order valence-corrected chi connectivity index (χ2v) is 4.82. The lowest BCUT2D eigenvalue weighted by Gasteiger charge is -1.97. The number of hydrogen-bond donors (Lipinski definition) is 2. The number of nitrogens with zero attached hydrogens (tertiary/aromatic N) is 1. The van der Waals surface area contributed by atoms with Crippen LogP contribution in [0.5, 0.6) is 5.75 Å². The van der Waals surface area contributed by atoms with Gasteiger partial charge in [0.05, 0.1) is 11.6 Å². The molecule has 3 rings (SSSR count). The smallest absolute Gasteiger partial charge is 0.307 e. The van der Waals surface area contributed by atoms with Gasteiger partial charge in [-0.3, -0.25) is 4.79 Å². The Morgan fingerprint density at radius 3 is 2.68 bits per heavy atom. The zero-order valence-electron chi connectivity index (χ0n) is 11.9. The van der Waals surface area contributed by atoms with Crippen molar-refractivity contribution in [1.82, 2.24) is 5.43 Å². The molecule has 0 saturated carbocycles. The van der Waals surface area contributed by atoms with Gasteiger partial charge in [0.2, 0.25) is 0 Å². The van der Waals surface area contributed by atoms with Gasteiger partial charge in [0.1, 0.15) is 11.3 Å². The topological polar surface area (TPSA) is 74.8 Å². The van der Waals surface area contributed by atoms with Crippen molar-refractivity contribution in [1.29, 1.82) is 0 Å². The van der Waals surface area contributed by atoms with Crippen LogP contribution >= 0.6 is 0 Å². The first-order chi connectivity index (χ1) is 10.7. The maximum atomic E-state index is 12.1. The molecule has 2 N–H and O–H groups in total. The first-order valence-electron chi connectivity index (χ1n) is 6.76. The fourth-order valence-electron chi connectivity index (χ4n) is 2.25. The minimum Gasteiger partial charge on any atom is -0.507 e. The van der Waals surface area contributed by atoms with Crippen LogP contribution < -0.4 is 5.43 Å². The van der Waals surface area contributed by atoms with E-state index in [4.69, 9.17) is 4.42 Å². The molecule has 0 radical (unpaired) electrons. The van der Waals surface area contributed by atoms with Gasteiger partial charge in [-0.15, -0.1) is 0 Å². The summed E-state index contributed by atoms with van der Waals surface area (Å²) in [4.78, 5) is 12.1. The minimum atomic E-state index is -0.458. The Morgan fingerprint density at radius 1 is 1.18 bits per heavy atom. The number of furan rings is 1. The van der Waals surface area contributed by atoms with Crippen LogP contribution in [0.1, 0.15) is 21.7 Å². The van der Waals surface area contributed by atoms with Gasteiger partial charge >= 0.3 is 5.91 Å². The molecule has 22 heavy (non-hydrogen) atoms. The molecule has 0 unspecified atom stereocenters. The Morgan fingerprint density at radius 2 is 1.95 bits per heavy atom. The highest BCUT2D eigenvalue weighted by Gasteiger charge is 2.19. The van der Waals surface area contributed by atoms with E-state index in [1.165, 1.54) is 0 Å². The van der Waals surface area contributed by atoms with Crippen LogP contribution in [0.2, 0.25) is 0 Å². The van der Waals surface area contributed by atoms with Crippen molar-refractivity contribution in [2.75, 3.05) is 0 Å². The maximum absolute atomic E-state index is 12.1. The zero-order chi connectivity index (χ0) is 15.5. The normalized spacial score (nSPS) is 11.1. The summed E-state index contributed by atoms with van der Waals surface area (Å²) in [6.07, 6.45) is 1.55. The van der Waals surface area contributed by atoms with E-state index in [2.05, 4.69) is 10.5 Å². The number of amides is 1. The van der Waals surface area contributed by atoms with Crippen molar-refractivity contribution in [2.24, 2.45) is 5.10 Å². The Balaban J connectivity index is 1.82. The van der Waals surface area contributed by atoms with Gasteiger partial charge in [0, 0.05) is 5.56 Å². The van der Waals surface area contributed by atoms with Gasteiger partial charge in [-0.05, 0) is 24.6 Å². The summed E-state index contributed by atoms with van der Waals surface area (Å²) >= 11 is 0. The summed E-state index contributed by atoms with van der Waals surface area (Å²) in [5, 5.41) is 14.3. The lowest BCUT2D eigenvalue weighted by atomic mass is 10.1. The quantitative estimate of drug-likeness (QED) is 0.575. The van der Waals surface area contributed by atoms with E-state index in [1.54, 1.807) is 31.3 Å². The third-order valence-electron chi connectivity index (χ3n) is 3.32. The lowest BCUT2D eigenvalue weighted by Crippen LogP contribution is -2.17. The molecule has 2 aromatic carbocycles. The molecule has 5 heteroatoms. The van der Waals surface area contributed by atoms with Crippen LogP contribution in [0.4, 0.5) is 0 Å². The summed E-state index contributed by atoms with van der Waals surface area (Å²) in [7, 11) is 0. The molecule has 1 amide bonds. The number of rotatable bonds is 3. The van der Waals surface area contributed by atoms with Crippen LogP contribution in [-0.2, 0) is 0 Å². The van der Waals surface area contributed by atoms with Gasteiger partial charge in [-0.25, -0.2) is 5.43 Å². The van der Waals surface area contributed by atoms with Gasteiger partial charge < -0.3 is 9.52 Å². The summed E-state index contributed by atoms with van der Waals surface area (Å²) < 4.78 is 5.50. The Hall–Kier alpha value is -3.08. The number of phenols is 1. The van der Waals surface area contributed by atoms with Crippen molar-refractivity contribution in [2.45, 2.75) is 6.92 Å². The van der Waals surface area contributed by atoms with E-state index in [-0.39, 0.29) is 11.5 Å². The van der Waals surface area contributed by atoms with Gasteiger partial charge in [-0.2, -0.15) is 5.10 Å². The third-order valence-corrected chi connectivity index (χ3v) is 3.32. The first-order valence-corrected chi connectivity index (χ1v) is 6.76. The number of aromatic hydroxyl groups is 1. The SMILES string of the molecule is Cc1c(C(=O)N/N=C\c2ccccc2)oc2cccc(O)c12. The molecule has 0 bridgehead atoms. The Bertz CT molecular complexity index is 851. The number of hydrazone groups is 1. The standard InChI is InChI=1S/C17H14N2O3/c1-11-15-13(20)8-5-9-14(15)22-16(11)17(21)19-18-10-12-6-3-2-4-7-12/h2-10,20H,1H3,(H,19,21)/b18-10-. The molecule has 0 fully saturated rings. The molecule has 110 valence electrons. The van der Waals surface area contributed by atoms with E-state index >= 15 is 0 Å². The van der Waals surface area contributed by atoms with Crippen LogP contribution in [-0.4, -0.2) is 17.2 Å². The van der Waals surface area contributed by atoms with E-state index in [0.29, 0.717) is 16.5 Å². The van der Waals surface area contributed by atoms with Crippen LogP contribution in [0.3, 0.4) is 0 Å². The molecule has 0 spiro atoms.